The zero-order valence-electron chi connectivity index (χ0n) is 18.0. The van der Waals surface area contributed by atoms with E-state index < -0.39 is 24.1 Å². The number of carboxylic acids is 1. The van der Waals surface area contributed by atoms with Crippen LogP contribution in [0.15, 0.2) is 48.5 Å². The number of hydrogen-bond donors (Lipinski definition) is 3. The fourth-order valence-electron chi connectivity index (χ4n) is 4.39. The monoisotopic (exact) mass is 436 g/mol. The van der Waals surface area contributed by atoms with Crippen molar-refractivity contribution in [1.82, 2.24) is 10.6 Å². The van der Waals surface area contributed by atoms with Crippen LogP contribution in [0.1, 0.15) is 49.7 Å². The number of benzene rings is 2. The molecule has 2 atom stereocenters. The van der Waals surface area contributed by atoms with Gasteiger partial charge in [0.1, 0.15) is 12.6 Å². The van der Waals surface area contributed by atoms with E-state index in [1.54, 1.807) is 0 Å². The fourth-order valence-corrected chi connectivity index (χ4v) is 4.39. The fraction of sp³-hybridized carbons (Fsp3) is 0.400. The van der Waals surface area contributed by atoms with Crippen LogP contribution in [0.4, 0.5) is 4.79 Å². The van der Waals surface area contributed by atoms with E-state index >= 15 is 0 Å². The lowest BCUT2D eigenvalue weighted by atomic mass is 9.98. The summed E-state index contributed by atoms with van der Waals surface area (Å²) in [4.78, 5) is 36.3. The molecule has 7 heteroatoms. The highest BCUT2D eigenvalue weighted by molar-refractivity contribution is 5.87. The van der Waals surface area contributed by atoms with Crippen LogP contribution in [-0.4, -0.2) is 41.8 Å². The van der Waals surface area contributed by atoms with E-state index in [2.05, 4.69) is 34.9 Å². The van der Waals surface area contributed by atoms with Crippen molar-refractivity contribution >= 4 is 18.0 Å². The molecule has 1 unspecified atom stereocenters. The zero-order chi connectivity index (χ0) is 22.7. The molecule has 168 valence electrons. The van der Waals surface area contributed by atoms with Crippen molar-refractivity contribution in [3.05, 3.63) is 59.7 Å². The molecule has 2 aromatic rings. The number of carboxylic acid groups (broad SMARTS) is 1. The lowest BCUT2D eigenvalue weighted by molar-refractivity contribution is -0.137. The van der Waals surface area contributed by atoms with E-state index in [9.17, 15) is 14.4 Å². The van der Waals surface area contributed by atoms with E-state index in [1.165, 1.54) is 0 Å². The first-order chi connectivity index (χ1) is 15.5. The Kier molecular flexibility index (Phi) is 6.44. The number of rotatable bonds is 9. The van der Waals surface area contributed by atoms with E-state index in [0.29, 0.717) is 6.42 Å². The minimum Gasteiger partial charge on any atom is -0.481 e. The van der Waals surface area contributed by atoms with Crippen LogP contribution >= 0.6 is 0 Å². The maximum Gasteiger partial charge on any atom is 0.407 e. The van der Waals surface area contributed by atoms with Crippen molar-refractivity contribution in [2.75, 3.05) is 6.61 Å². The molecule has 3 N–H and O–H groups in total. The lowest BCUT2D eigenvalue weighted by Gasteiger charge is -2.22. The summed E-state index contributed by atoms with van der Waals surface area (Å²) < 4.78 is 5.57. The maximum atomic E-state index is 12.7. The summed E-state index contributed by atoms with van der Waals surface area (Å²) in [6.45, 7) is 1.99. The Balaban J connectivity index is 1.39. The van der Waals surface area contributed by atoms with Gasteiger partial charge in [-0.3, -0.25) is 9.59 Å². The van der Waals surface area contributed by atoms with Gasteiger partial charge in [0.2, 0.25) is 5.91 Å². The van der Waals surface area contributed by atoms with Crippen LogP contribution in [0.5, 0.6) is 0 Å². The molecule has 1 fully saturated rings. The maximum absolute atomic E-state index is 12.7. The first-order valence-corrected chi connectivity index (χ1v) is 11.1. The van der Waals surface area contributed by atoms with Gasteiger partial charge in [-0.1, -0.05) is 55.5 Å². The van der Waals surface area contributed by atoms with Crippen molar-refractivity contribution in [1.29, 1.82) is 0 Å². The number of carbonyl (C=O) groups is 3. The molecule has 0 aromatic heterocycles. The van der Waals surface area contributed by atoms with E-state index in [1.807, 2.05) is 31.2 Å². The SMILES string of the molecule is CC[C@H](CC(=O)O)NC(=O)C(NC(=O)OCC1c2ccccc2-c2ccccc21)C1CC1. The van der Waals surface area contributed by atoms with Crippen molar-refractivity contribution < 1.29 is 24.2 Å². The third-order valence-electron chi connectivity index (χ3n) is 6.25. The summed E-state index contributed by atoms with van der Waals surface area (Å²) in [5, 5.41) is 14.5. The van der Waals surface area contributed by atoms with Crippen LogP contribution in [0.3, 0.4) is 0 Å². The molecule has 7 nitrogen and oxygen atoms in total. The topological polar surface area (TPSA) is 105 Å². The van der Waals surface area contributed by atoms with Crippen LogP contribution in [-0.2, 0) is 14.3 Å². The number of hydrogen-bond acceptors (Lipinski definition) is 4. The Bertz CT molecular complexity index is 971. The van der Waals surface area contributed by atoms with Crippen LogP contribution in [0.2, 0.25) is 0 Å². The standard InChI is InChI=1S/C25H28N2O5/c1-2-16(13-22(28)29)26-24(30)23(15-11-12-15)27-25(31)32-14-21-19-9-5-3-7-17(19)18-8-4-6-10-20(18)21/h3-10,15-16,21,23H,2,11-14H2,1H3,(H,26,30)(H,27,31)(H,28,29)/t16-,23?/m1/s1. The van der Waals surface area contributed by atoms with E-state index in [0.717, 1.165) is 35.1 Å². The Morgan fingerprint density at radius 2 is 1.59 bits per heavy atom. The summed E-state index contributed by atoms with van der Waals surface area (Å²) >= 11 is 0. The first kappa shape index (κ1) is 21.9. The van der Waals surface area contributed by atoms with Gasteiger partial charge >= 0.3 is 12.1 Å². The third-order valence-corrected chi connectivity index (χ3v) is 6.25. The molecule has 0 heterocycles. The second-order valence-corrected chi connectivity index (χ2v) is 8.50. The Labute approximate surface area is 187 Å². The molecule has 1 saturated carbocycles. The van der Waals surface area contributed by atoms with Crippen molar-refractivity contribution in [2.24, 2.45) is 5.92 Å². The third kappa shape index (κ3) is 4.77. The molecule has 4 rings (SSSR count). The Hall–Kier alpha value is -3.35. The molecule has 0 radical (unpaired) electrons. The summed E-state index contributed by atoms with van der Waals surface area (Å²) in [7, 11) is 0. The number of fused-ring (bicyclic) bond motifs is 3. The second kappa shape index (κ2) is 9.42. The Morgan fingerprint density at radius 3 is 2.12 bits per heavy atom. The molecular formula is C25H28N2O5. The van der Waals surface area contributed by atoms with Gasteiger partial charge in [0.25, 0.3) is 0 Å². The molecule has 0 aliphatic heterocycles. The van der Waals surface area contributed by atoms with Gasteiger partial charge in [-0.25, -0.2) is 4.79 Å². The normalized spacial score (nSPS) is 16.4. The highest BCUT2D eigenvalue weighted by Crippen LogP contribution is 2.44. The van der Waals surface area contributed by atoms with Gasteiger partial charge in [-0.2, -0.15) is 0 Å². The molecule has 2 aromatic carbocycles. The summed E-state index contributed by atoms with van der Waals surface area (Å²) in [5.41, 5.74) is 4.54. The summed E-state index contributed by atoms with van der Waals surface area (Å²) in [6, 6.07) is 15.0. The quantitative estimate of drug-likeness (QED) is 0.556. The minimum atomic E-state index is -0.968. The smallest absolute Gasteiger partial charge is 0.407 e. The first-order valence-electron chi connectivity index (χ1n) is 11.1. The number of amides is 2. The molecule has 32 heavy (non-hydrogen) atoms. The highest BCUT2D eigenvalue weighted by atomic mass is 16.5. The van der Waals surface area contributed by atoms with Crippen LogP contribution < -0.4 is 10.6 Å². The van der Waals surface area contributed by atoms with Gasteiger partial charge in [0.15, 0.2) is 0 Å². The van der Waals surface area contributed by atoms with Crippen LogP contribution in [0.25, 0.3) is 11.1 Å². The number of aliphatic carboxylic acids is 1. The van der Waals surface area contributed by atoms with Gasteiger partial charge in [0.05, 0.1) is 6.42 Å². The number of carbonyl (C=O) groups excluding carboxylic acids is 2. The van der Waals surface area contributed by atoms with Gasteiger partial charge in [-0.05, 0) is 47.4 Å². The average Bonchev–Trinajstić information content (AvgIpc) is 3.57. The molecule has 2 amide bonds. The number of alkyl carbamates (subject to hydrolysis) is 1. The van der Waals surface area contributed by atoms with Crippen LogP contribution in [0, 0.1) is 5.92 Å². The van der Waals surface area contributed by atoms with E-state index in [-0.39, 0.29) is 30.8 Å². The summed E-state index contributed by atoms with van der Waals surface area (Å²) in [6.07, 6.45) is 1.41. The highest BCUT2D eigenvalue weighted by Gasteiger charge is 2.38. The molecule has 0 saturated heterocycles. The largest absolute Gasteiger partial charge is 0.481 e. The molecule has 2 aliphatic rings. The van der Waals surface area contributed by atoms with Gasteiger partial charge in [-0.15, -0.1) is 0 Å². The molecule has 2 aliphatic carbocycles. The Morgan fingerprint density at radius 1 is 1.00 bits per heavy atom. The lowest BCUT2D eigenvalue weighted by Crippen LogP contribution is -2.51. The molecular weight excluding hydrogens is 408 g/mol. The minimum absolute atomic E-state index is 0.0535. The van der Waals surface area contributed by atoms with Gasteiger partial charge < -0.3 is 20.5 Å². The molecule has 0 bridgehead atoms. The molecule has 0 spiro atoms. The van der Waals surface area contributed by atoms with Crippen molar-refractivity contribution in [2.45, 2.75) is 50.6 Å². The number of ether oxygens (including phenoxy) is 1. The predicted octanol–water partition coefficient (Wildman–Crippen LogP) is 3.67. The van der Waals surface area contributed by atoms with Crippen molar-refractivity contribution in [3.63, 3.8) is 0 Å². The second-order valence-electron chi connectivity index (χ2n) is 8.50. The van der Waals surface area contributed by atoms with Gasteiger partial charge in [0, 0.05) is 12.0 Å². The van der Waals surface area contributed by atoms with Crippen molar-refractivity contribution in [3.8, 4) is 11.1 Å². The zero-order valence-corrected chi connectivity index (χ0v) is 18.0. The number of nitrogens with one attached hydrogen (secondary N) is 2. The summed E-state index contributed by atoms with van der Waals surface area (Å²) in [5.74, 6) is -1.32. The predicted molar refractivity (Wildman–Crippen MR) is 119 cm³/mol. The van der Waals surface area contributed by atoms with E-state index in [4.69, 9.17) is 9.84 Å². The average molecular weight is 437 g/mol.